The van der Waals surface area contributed by atoms with Gasteiger partial charge in [0.05, 0.1) is 4.90 Å². The lowest BCUT2D eigenvalue weighted by Gasteiger charge is -2.21. The number of sulfonamides is 1. The molecule has 5 nitrogen and oxygen atoms in total. The van der Waals surface area contributed by atoms with Crippen molar-refractivity contribution in [3.63, 3.8) is 0 Å². The molecule has 0 radical (unpaired) electrons. The Labute approximate surface area is 124 Å². The van der Waals surface area contributed by atoms with Crippen molar-refractivity contribution in [1.82, 2.24) is 4.31 Å². The summed E-state index contributed by atoms with van der Waals surface area (Å²) in [4.78, 5) is -0.763. The van der Waals surface area contributed by atoms with Gasteiger partial charge >= 0.3 is 0 Å². The molecule has 0 aromatic heterocycles. The first kappa shape index (κ1) is 16.4. The van der Waals surface area contributed by atoms with Gasteiger partial charge in [0.25, 0.3) is 0 Å². The molecule has 1 aliphatic carbocycles. The summed E-state index contributed by atoms with van der Waals surface area (Å²) < 4.78 is 63.5. The molecule has 0 heterocycles. The van der Waals surface area contributed by atoms with Crippen molar-refractivity contribution >= 4 is 19.9 Å². The lowest BCUT2D eigenvalue weighted by Crippen LogP contribution is -2.34. The van der Waals surface area contributed by atoms with Gasteiger partial charge in [-0.25, -0.2) is 21.2 Å². The first-order valence-electron chi connectivity index (χ1n) is 6.69. The van der Waals surface area contributed by atoms with Crippen LogP contribution in [0.5, 0.6) is 0 Å². The number of benzene rings is 1. The highest BCUT2D eigenvalue weighted by atomic mass is 32.2. The Kier molecular flexibility index (Phi) is 4.41. The molecule has 1 fully saturated rings. The molecule has 0 N–H and O–H groups in total. The molecule has 0 amide bonds. The highest BCUT2D eigenvalue weighted by molar-refractivity contribution is 7.91. The summed E-state index contributed by atoms with van der Waals surface area (Å²) in [5, 5.41) is 0. The quantitative estimate of drug-likeness (QED) is 0.743. The van der Waals surface area contributed by atoms with Gasteiger partial charge in [0.15, 0.2) is 9.84 Å². The van der Waals surface area contributed by atoms with Crippen molar-refractivity contribution in [1.29, 1.82) is 0 Å². The normalized spacial score (nSPS) is 16.4. The molecule has 118 valence electrons. The second-order valence-electron chi connectivity index (χ2n) is 5.21. The number of hydrogen-bond donors (Lipinski definition) is 0. The molecule has 1 aromatic rings. The summed E-state index contributed by atoms with van der Waals surface area (Å²) >= 11 is 0. The Balaban J connectivity index is 2.53. The molecule has 0 saturated heterocycles. The van der Waals surface area contributed by atoms with Crippen molar-refractivity contribution in [3.8, 4) is 0 Å². The molecule has 21 heavy (non-hydrogen) atoms. The highest BCUT2D eigenvalue weighted by Crippen LogP contribution is 2.33. The van der Waals surface area contributed by atoms with E-state index >= 15 is 0 Å². The van der Waals surface area contributed by atoms with Crippen molar-refractivity contribution in [2.75, 3.05) is 12.8 Å². The van der Waals surface area contributed by atoms with Crippen LogP contribution in [-0.4, -0.2) is 40.0 Å². The average molecular weight is 335 g/mol. The zero-order valence-corrected chi connectivity index (χ0v) is 13.5. The van der Waals surface area contributed by atoms with Crippen molar-refractivity contribution in [3.05, 3.63) is 24.0 Å². The molecule has 2 rings (SSSR count). The molecule has 0 atom stereocenters. The fourth-order valence-corrected chi connectivity index (χ4v) is 4.71. The standard InChI is InChI=1S/C13H18FNO4S2/c1-3-8-15(10-4-5-10)21(18,19)13-9-11(20(2,16)17)6-7-12(13)14/h6-7,9-10H,3-5,8H2,1-2H3. The first-order chi connectivity index (χ1) is 9.67. The summed E-state index contributed by atoms with van der Waals surface area (Å²) in [5.41, 5.74) is 0. The summed E-state index contributed by atoms with van der Waals surface area (Å²) in [6, 6.07) is 2.77. The average Bonchev–Trinajstić information content (AvgIpc) is 3.18. The zero-order valence-electron chi connectivity index (χ0n) is 11.9. The Hall–Kier alpha value is -0.990. The van der Waals surface area contributed by atoms with E-state index in [0.717, 1.165) is 37.3 Å². The van der Waals surface area contributed by atoms with Gasteiger partial charge in [0, 0.05) is 18.8 Å². The minimum atomic E-state index is -4.02. The van der Waals surface area contributed by atoms with Gasteiger partial charge in [0.1, 0.15) is 10.7 Å². The Morgan fingerprint density at radius 1 is 1.24 bits per heavy atom. The maximum absolute atomic E-state index is 13.9. The van der Waals surface area contributed by atoms with Gasteiger partial charge < -0.3 is 0 Å². The van der Waals surface area contributed by atoms with Gasteiger partial charge in [-0.05, 0) is 37.5 Å². The summed E-state index contributed by atoms with van der Waals surface area (Å²) in [5.74, 6) is -0.927. The van der Waals surface area contributed by atoms with Crippen molar-refractivity contribution in [2.24, 2.45) is 0 Å². The summed E-state index contributed by atoms with van der Waals surface area (Å²) in [7, 11) is -7.61. The van der Waals surface area contributed by atoms with Crippen LogP contribution in [0.4, 0.5) is 4.39 Å². The van der Waals surface area contributed by atoms with E-state index in [-0.39, 0.29) is 10.9 Å². The third-order valence-corrected chi connectivity index (χ3v) is 6.39. The van der Waals surface area contributed by atoms with Gasteiger partial charge in [-0.2, -0.15) is 4.31 Å². The molecule has 8 heteroatoms. The van der Waals surface area contributed by atoms with Crippen LogP contribution in [0.25, 0.3) is 0 Å². The number of halogens is 1. The molecule has 1 aromatic carbocycles. The monoisotopic (exact) mass is 335 g/mol. The lowest BCUT2D eigenvalue weighted by molar-refractivity contribution is 0.400. The summed E-state index contributed by atoms with van der Waals surface area (Å²) in [6.45, 7) is 2.14. The van der Waals surface area contributed by atoms with Crippen LogP contribution in [-0.2, 0) is 19.9 Å². The van der Waals surface area contributed by atoms with E-state index in [1.165, 1.54) is 4.31 Å². The van der Waals surface area contributed by atoms with E-state index in [1.54, 1.807) is 0 Å². The van der Waals surface area contributed by atoms with Crippen LogP contribution in [0.3, 0.4) is 0 Å². The van der Waals surface area contributed by atoms with Crippen LogP contribution in [0.1, 0.15) is 26.2 Å². The minimum Gasteiger partial charge on any atom is -0.224 e. The molecule has 1 saturated carbocycles. The molecule has 1 aliphatic rings. The van der Waals surface area contributed by atoms with E-state index in [2.05, 4.69) is 0 Å². The second-order valence-corrected chi connectivity index (χ2v) is 9.09. The fourth-order valence-electron chi connectivity index (χ4n) is 2.12. The molecule has 0 bridgehead atoms. The van der Waals surface area contributed by atoms with Crippen LogP contribution >= 0.6 is 0 Å². The molecule has 0 unspecified atom stereocenters. The van der Waals surface area contributed by atoms with Crippen molar-refractivity contribution in [2.45, 2.75) is 42.0 Å². The highest BCUT2D eigenvalue weighted by Gasteiger charge is 2.38. The molecule has 0 spiro atoms. The minimum absolute atomic E-state index is 0.101. The number of hydrogen-bond acceptors (Lipinski definition) is 4. The number of rotatable bonds is 6. The van der Waals surface area contributed by atoms with E-state index in [0.29, 0.717) is 13.0 Å². The largest absolute Gasteiger partial charge is 0.246 e. The zero-order chi connectivity index (χ0) is 15.8. The van der Waals surface area contributed by atoms with Crippen LogP contribution in [0, 0.1) is 5.82 Å². The van der Waals surface area contributed by atoms with Gasteiger partial charge in [0.2, 0.25) is 10.0 Å². The Morgan fingerprint density at radius 2 is 1.86 bits per heavy atom. The third kappa shape index (κ3) is 3.44. The lowest BCUT2D eigenvalue weighted by atomic mass is 10.3. The van der Waals surface area contributed by atoms with E-state index in [4.69, 9.17) is 0 Å². The van der Waals surface area contributed by atoms with Gasteiger partial charge in [-0.15, -0.1) is 0 Å². The molecular weight excluding hydrogens is 317 g/mol. The third-order valence-electron chi connectivity index (χ3n) is 3.32. The Morgan fingerprint density at radius 3 is 2.33 bits per heavy atom. The van der Waals surface area contributed by atoms with Crippen LogP contribution < -0.4 is 0 Å². The fraction of sp³-hybridized carbons (Fsp3) is 0.538. The smallest absolute Gasteiger partial charge is 0.224 e. The maximum atomic E-state index is 13.9. The predicted molar refractivity (Wildman–Crippen MR) is 76.7 cm³/mol. The predicted octanol–water partition coefficient (Wildman–Crippen LogP) is 1.79. The maximum Gasteiger partial charge on any atom is 0.246 e. The Bertz CT molecular complexity index is 739. The van der Waals surface area contributed by atoms with Crippen LogP contribution in [0.2, 0.25) is 0 Å². The van der Waals surface area contributed by atoms with Crippen LogP contribution in [0.15, 0.2) is 28.0 Å². The molecular formula is C13H18FNO4S2. The first-order valence-corrected chi connectivity index (χ1v) is 10.0. The van der Waals surface area contributed by atoms with Gasteiger partial charge in [-0.1, -0.05) is 6.92 Å². The number of sulfone groups is 1. The molecule has 0 aliphatic heterocycles. The van der Waals surface area contributed by atoms with E-state index in [9.17, 15) is 21.2 Å². The topological polar surface area (TPSA) is 71.5 Å². The SMILES string of the molecule is CCCN(C1CC1)S(=O)(=O)c1cc(S(C)(=O)=O)ccc1F. The number of nitrogens with zero attached hydrogens (tertiary/aromatic N) is 1. The van der Waals surface area contributed by atoms with E-state index < -0.39 is 30.6 Å². The van der Waals surface area contributed by atoms with E-state index in [1.807, 2.05) is 6.92 Å². The van der Waals surface area contributed by atoms with Gasteiger partial charge in [-0.3, -0.25) is 0 Å². The summed E-state index contributed by atoms with van der Waals surface area (Å²) in [6.07, 6.45) is 3.09. The van der Waals surface area contributed by atoms with Crippen molar-refractivity contribution < 1.29 is 21.2 Å². The second kappa shape index (κ2) is 5.66.